The zero-order valence-electron chi connectivity index (χ0n) is 16.2. The van der Waals surface area contributed by atoms with E-state index in [4.69, 9.17) is 28.3 Å². The Balaban J connectivity index is 1.53. The molecule has 1 spiro atoms. The van der Waals surface area contributed by atoms with Gasteiger partial charge in [-0.05, 0) is 30.2 Å². The second-order valence-corrected chi connectivity index (χ2v) is 9.57. The van der Waals surface area contributed by atoms with E-state index in [-0.39, 0.29) is 25.0 Å². The highest BCUT2D eigenvalue weighted by Crippen LogP contribution is 2.47. The van der Waals surface area contributed by atoms with E-state index in [1.807, 2.05) is 6.07 Å². The summed E-state index contributed by atoms with van der Waals surface area (Å²) >= 11 is 13.3. The van der Waals surface area contributed by atoms with E-state index < -0.39 is 11.4 Å². The molecule has 0 saturated carbocycles. The van der Waals surface area contributed by atoms with E-state index in [9.17, 15) is 14.4 Å². The van der Waals surface area contributed by atoms with E-state index in [1.165, 1.54) is 17.5 Å². The minimum Gasteiger partial charge on any atom is -0.481 e. The second-order valence-electron chi connectivity index (χ2n) is 7.47. The van der Waals surface area contributed by atoms with Crippen LogP contribution in [0.25, 0.3) is 0 Å². The highest BCUT2D eigenvalue weighted by atomic mass is 35.5. The summed E-state index contributed by atoms with van der Waals surface area (Å²) < 4.78 is 0.473. The fourth-order valence-corrected chi connectivity index (χ4v) is 5.05. The predicted octanol–water partition coefficient (Wildman–Crippen LogP) is 3.63. The highest BCUT2D eigenvalue weighted by Gasteiger charge is 2.50. The summed E-state index contributed by atoms with van der Waals surface area (Å²) in [6.45, 7) is 1.33. The first kappa shape index (κ1) is 21.7. The molecule has 12 heteroatoms. The van der Waals surface area contributed by atoms with Crippen LogP contribution in [0.4, 0.5) is 20.4 Å². The Bertz CT molecular complexity index is 1050. The van der Waals surface area contributed by atoms with Crippen LogP contribution in [0.5, 0.6) is 0 Å². The Morgan fingerprint density at radius 3 is 2.74 bits per heavy atom. The maximum absolute atomic E-state index is 13.0. The number of likely N-dealkylation sites (tertiary alicyclic amines) is 1. The molecule has 1 atom stereocenters. The lowest BCUT2D eigenvalue weighted by molar-refractivity contribution is -0.136. The van der Waals surface area contributed by atoms with E-state index in [1.54, 1.807) is 21.9 Å². The average molecular weight is 484 g/mol. The van der Waals surface area contributed by atoms with Gasteiger partial charge in [-0.3, -0.25) is 15.0 Å². The molecule has 1 fully saturated rings. The molecule has 9 nitrogen and oxygen atoms in total. The number of benzene rings is 1. The van der Waals surface area contributed by atoms with Gasteiger partial charge in [-0.2, -0.15) is 0 Å². The fourth-order valence-electron chi connectivity index (χ4n) is 4.08. The molecule has 31 heavy (non-hydrogen) atoms. The number of rotatable bonds is 4. The molecule has 1 aromatic heterocycles. The van der Waals surface area contributed by atoms with E-state index >= 15 is 0 Å². The maximum atomic E-state index is 13.0. The largest absolute Gasteiger partial charge is 0.481 e. The van der Waals surface area contributed by atoms with Gasteiger partial charge >= 0.3 is 18.0 Å². The summed E-state index contributed by atoms with van der Waals surface area (Å²) in [7, 11) is 0. The van der Waals surface area contributed by atoms with Crippen LogP contribution in [0.1, 0.15) is 18.4 Å². The van der Waals surface area contributed by atoms with Gasteiger partial charge in [-0.1, -0.05) is 34.5 Å². The standard InChI is InChI=1S/C19H19Cl2N5O4S/c20-11-1-2-13-12(7-11)19(4-6-25(9-19)17(29)22-5-3-15(27)28)10-26(13)18(30)24-16-23-8-14(21)31-16/h1-2,7-8H,3-6,9-10H2,(H,22,29)(H,27,28)(H,23,24,30). The first-order valence-corrected chi connectivity index (χ1v) is 11.1. The number of hydrogen-bond acceptors (Lipinski definition) is 5. The number of aliphatic carboxylic acids is 1. The summed E-state index contributed by atoms with van der Waals surface area (Å²) in [6, 6.07) is 4.72. The maximum Gasteiger partial charge on any atom is 0.328 e. The third-order valence-corrected chi connectivity index (χ3v) is 6.74. The molecule has 1 aromatic carbocycles. The topological polar surface area (TPSA) is 115 Å². The molecule has 2 aliphatic rings. The molecule has 0 bridgehead atoms. The molecular weight excluding hydrogens is 465 g/mol. The van der Waals surface area contributed by atoms with Crippen molar-refractivity contribution in [2.75, 3.05) is 36.4 Å². The monoisotopic (exact) mass is 483 g/mol. The highest BCUT2D eigenvalue weighted by molar-refractivity contribution is 7.19. The summed E-state index contributed by atoms with van der Waals surface area (Å²) in [4.78, 5) is 43.5. The van der Waals surface area contributed by atoms with Gasteiger partial charge in [0.1, 0.15) is 4.34 Å². The van der Waals surface area contributed by atoms with Gasteiger partial charge in [0.15, 0.2) is 5.13 Å². The Labute approximate surface area is 191 Å². The van der Waals surface area contributed by atoms with Crippen molar-refractivity contribution < 1.29 is 19.5 Å². The van der Waals surface area contributed by atoms with Crippen molar-refractivity contribution in [3.63, 3.8) is 0 Å². The van der Waals surface area contributed by atoms with Crippen molar-refractivity contribution in [3.8, 4) is 0 Å². The Hall–Kier alpha value is -2.56. The number of anilines is 2. The van der Waals surface area contributed by atoms with Crippen molar-refractivity contribution in [2.24, 2.45) is 0 Å². The van der Waals surface area contributed by atoms with Gasteiger partial charge in [0.2, 0.25) is 0 Å². The smallest absolute Gasteiger partial charge is 0.328 e. The van der Waals surface area contributed by atoms with E-state index in [2.05, 4.69) is 15.6 Å². The van der Waals surface area contributed by atoms with Gasteiger partial charge in [0.25, 0.3) is 0 Å². The summed E-state index contributed by atoms with van der Waals surface area (Å²) in [5.41, 5.74) is 1.19. The van der Waals surface area contributed by atoms with Crippen LogP contribution in [-0.2, 0) is 10.2 Å². The molecule has 164 valence electrons. The Morgan fingerprint density at radius 2 is 2.03 bits per heavy atom. The number of nitrogens with one attached hydrogen (secondary N) is 2. The van der Waals surface area contributed by atoms with Gasteiger partial charge in [0, 0.05) is 42.3 Å². The van der Waals surface area contributed by atoms with Gasteiger partial charge in [-0.25, -0.2) is 14.6 Å². The Morgan fingerprint density at radius 1 is 1.23 bits per heavy atom. The van der Waals surface area contributed by atoms with E-state index in [0.717, 1.165) is 11.3 Å². The number of fused-ring (bicyclic) bond motifs is 2. The zero-order chi connectivity index (χ0) is 22.2. The minimum atomic E-state index is -0.972. The van der Waals surface area contributed by atoms with Crippen LogP contribution >= 0.6 is 34.5 Å². The second kappa shape index (κ2) is 8.52. The number of aromatic nitrogens is 1. The van der Waals surface area contributed by atoms with Crippen molar-refractivity contribution in [3.05, 3.63) is 39.3 Å². The number of hydrogen-bond donors (Lipinski definition) is 3. The van der Waals surface area contributed by atoms with E-state index in [0.29, 0.717) is 40.5 Å². The first-order chi connectivity index (χ1) is 14.8. The Kier molecular flexibility index (Phi) is 5.96. The number of carboxylic acid groups (broad SMARTS) is 1. The molecule has 1 saturated heterocycles. The van der Waals surface area contributed by atoms with Gasteiger partial charge < -0.3 is 15.3 Å². The molecule has 4 amide bonds. The summed E-state index contributed by atoms with van der Waals surface area (Å²) in [5.74, 6) is -0.972. The first-order valence-electron chi connectivity index (χ1n) is 9.52. The summed E-state index contributed by atoms with van der Waals surface area (Å²) in [5, 5.41) is 15.1. The van der Waals surface area contributed by atoms with Crippen molar-refractivity contribution >= 4 is 63.4 Å². The quantitative estimate of drug-likeness (QED) is 0.613. The van der Waals surface area contributed by atoms with Crippen LogP contribution in [0.15, 0.2) is 24.4 Å². The molecule has 4 rings (SSSR count). The lowest BCUT2D eigenvalue weighted by Gasteiger charge is -2.26. The molecule has 0 radical (unpaired) electrons. The molecular formula is C19H19Cl2N5O4S. The predicted molar refractivity (Wildman–Crippen MR) is 118 cm³/mol. The zero-order valence-corrected chi connectivity index (χ0v) is 18.6. The lowest BCUT2D eigenvalue weighted by Crippen LogP contribution is -2.44. The summed E-state index contributed by atoms with van der Waals surface area (Å²) in [6.07, 6.45) is 1.98. The molecule has 2 aromatic rings. The van der Waals surface area contributed by atoms with Crippen LogP contribution in [0, 0.1) is 0 Å². The number of thiazole rings is 1. The number of carbonyl (C=O) groups excluding carboxylic acids is 2. The average Bonchev–Trinajstić information content (AvgIpc) is 3.40. The number of nitrogens with zero attached hydrogens (tertiary/aromatic N) is 3. The van der Waals surface area contributed by atoms with Crippen molar-refractivity contribution in [1.29, 1.82) is 0 Å². The van der Waals surface area contributed by atoms with Crippen LogP contribution < -0.4 is 15.5 Å². The number of carboxylic acids is 1. The number of urea groups is 2. The number of amides is 4. The van der Waals surface area contributed by atoms with Gasteiger partial charge in [0.05, 0.1) is 12.6 Å². The lowest BCUT2D eigenvalue weighted by atomic mass is 9.81. The van der Waals surface area contributed by atoms with Crippen molar-refractivity contribution in [2.45, 2.75) is 18.3 Å². The third-order valence-electron chi connectivity index (χ3n) is 5.47. The van der Waals surface area contributed by atoms with Crippen LogP contribution in [0.3, 0.4) is 0 Å². The third kappa shape index (κ3) is 4.41. The molecule has 2 aliphatic heterocycles. The van der Waals surface area contributed by atoms with Crippen LogP contribution in [-0.4, -0.2) is 59.2 Å². The molecule has 1 unspecified atom stereocenters. The minimum absolute atomic E-state index is 0.0605. The van der Waals surface area contributed by atoms with Gasteiger partial charge in [-0.15, -0.1) is 0 Å². The fraction of sp³-hybridized carbons (Fsp3) is 0.368. The molecule has 3 heterocycles. The SMILES string of the molecule is O=C(O)CCNC(=O)N1CCC2(C1)CN(C(=O)Nc1ncc(Cl)s1)c1ccc(Cl)cc12. The number of carbonyl (C=O) groups is 3. The normalized spacial score (nSPS) is 19.5. The molecule has 3 N–H and O–H groups in total. The van der Waals surface area contributed by atoms with Crippen molar-refractivity contribution in [1.82, 2.24) is 15.2 Å². The molecule has 0 aliphatic carbocycles. The number of halogens is 2. The van der Waals surface area contributed by atoms with Crippen LogP contribution in [0.2, 0.25) is 9.36 Å².